The lowest BCUT2D eigenvalue weighted by atomic mass is 9.90. The highest BCUT2D eigenvalue weighted by molar-refractivity contribution is 14.0. The molecule has 0 spiro atoms. The number of piperidine rings is 1. The number of carbonyl (C=O) groups is 1. The number of nitrogens with two attached hydrogens (primary N) is 1. The number of hydrogen-bond acceptors (Lipinski definition) is 3. The number of ether oxygens (including phenoxy) is 1. The van der Waals surface area contributed by atoms with Gasteiger partial charge in [0.05, 0.1) is 6.61 Å². The number of carbonyl (C=O) groups excluding carboxylic acids is 1. The monoisotopic (exact) mass is 474 g/mol. The zero-order chi connectivity index (χ0) is 18.1. The number of likely N-dealkylation sites (tertiary alicyclic amines) is 1. The molecule has 0 aromatic heterocycles. The lowest BCUT2D eigenvalue weighted by Crippen LogP contribution is -2.43. The Morgan fingerprint density at radius 2 is 2.00 bits per heavy atom. The van der Waals surface area contributed by atoms with Crippen molar-refractivity contribution in [3.8, 4) is 0 Å². The Morgan fingerprint density at radius 3 is 2.62 bits per heavy atom. The van der Waals surface area contributed by atoms with E-state index in [1.807, 2.05) is 17.9 Å². The average Bonchev–Trinajstić information content (AvgIpc) is 2.61. The molecule has 1 saturated heterocycles. The number of hydrogen-bond donors (Lipinski definition) is 2. The Bertz CT molecular complexity index is 560. The third kappa shape index (κ3) is 7.90. The first kappa shape index (κ1) is 22.7. The number of nitrogens with one attached hydrogen (secondary N) is 1. The fourth-order valence-corrected chi connectivity index (χ4v) is 3.18. The lowest BCUT2D eigenvalue weighted by Gasteiger charge is -2.31. The standard InChI is InChI=1S/C19H30N4O2.HI/c1-15(14-25-2)22-19(20)21-13-18(24)23-10-8-17(9-11-23)12-16-6-4-3-5-7-16;/h3-7,15,17H,8-14H2,1-2H3,(H3,20,21,22);1H. The van der Waals surface area contributed by atoms with Crippen LogP contribution in [0.5, 0.6) is 0 Å². The molecule has 1 aliphatic heterocycles. The Morgan fingerprint density at radius 1 is 1.35 bits per heavy atom. The third-order valence-electron chi connectivity index (χ3n) is 4.53. The predicted molar refractivity (Wildman–Crippen MR) is 116 cm³/mol. The van der Waals surface area contributed by atoms with Gasteiger partial charge in [0.15, 0.2) is 5.96 Å². The van der Waals surface area contributed by atoms with Gasteiger partial charge < -0.3 is 20.7 Å². The number of methoxy groups -OCH3 is 1. The van der Waals surface area contributed by atoms with Crippen LogP contribution in [0.15, 0.2) is 35.3 Å². The van der Waals surface area contributed by atoms with Gasteiger partial charge in [0.2, 0.25) is 5.91 Å². The van der Waals surface area contributed by atoms with Crippen molar-refractivity contribution in [1.82, 2.24) is 10.2 Å². The maximum atomic E-state index is 12.3. The highest BCUT2D eigenvalue weighted by Crippen LogP contribution is 2.21. The maximum absolute atomic E-state index is 12.3. The summed E-state index contributed by atoms with van der Waals surface area (Å²) in [6, 6.07) is 10.6. The second-order valence-electron chi connectivity index (χ2n) is 6.72. The van der Waals surface area contributed by atoms with E-state index < -0.39 is 0 Å². The van der Waals surface area contributed by atoms with E-state index >= 15 is 0 Å². The minimum atomic E-state index is 0. The van der Waals surface area contributed by atoms with Crippen LogP contribution in [-0.2, 0) is 16.0 Å². The maximum Gasteiger partial charge on any atom is 0.244 e. The fraction of sp³-hybridized carbons (Fsp3) is 0.579. The molecule has 1 aliphatic rings. The number of aliphatic imine (C=N–C) groups is 1. The number of benzene rings is 1. The number of rotatable bonds is 7. The van der Waals surface area contributed by atoms with Gasteiger partial charge in [0.1, 0.15) is 6.54 Å². The Kier molecular flexibility index (Phi) is 10.6. The van der Waals surface area contributed by atoms with Crippen molar-refractivity contribution in [3.05, 3.63) is 35.9 Å². The van der Waals surface area contributed by atoms with Crippen molar-refractivity contribution in [1.29, 1.82) is 0 Å². The predicted octanol–water partition coefficient (Wildman–Crippen LogP) is 2.02. The summed E-state index contributed by atoms with van der Waals surface area (Å²) >= 11 is 0. The molecule has 146 valence electrons. The van der Waals surface area contributed by atoms with E-state index in [-0.39, 0.29) is 48.4 Å². The first-order chi connectivity index (χ1) is 12.1. The van der Waals surface area contributed by atoms with E-state index in [1.54, 1.807) is 7.11 Å². The van der Waals surface area contributed by atoms with E-state index in [4.69, 9.17) is 10.5 Å². The van der Waals surface area contributed by atoms with Crippen LogP contribution in [0.1, 0.15) is 25.3 Å². The van der Waals surface area contributed by atoms with E-state index in [0.717, 1.165) is 32.4 Å². The molecule has 0 saturated carbocycles. The van der Waals surface area contributed by atoms with Crippen LogP contribution < -0.4 is 11.1 Å². The summed E-state index contributed by atoms with van der Waals surface area (Å²) in [6.45, 7) is 4.20. The van der Waals surface area contributed by atoms with Gasteiger partial charge in [0, 0.05) is 26.2 Å². The van der Waals surface area contributed by atoms with Gasteiger partial charge in [-0.3, -0.25) is 4.79 Å². The van der Waals surface area contributed by atoms with E-state index in [9.17, 15) is 4.79 Å². The number of guanidine groups is 1. The lowest BCUT2D eigenvalue weighted by molar-refractivity contribution is -0.130. The van der Waals surface area contributed by atoms with Gasteiger partial charge in [-0.2, -0.15) is 0 Å². The Balaban J connectivity index is 0.00000338. The summed E-state index contributed by atoms with van der Waals surface area (Å²) in [5.41, 5.74) is 7.18. The van der Waals surface area contributed by atoms with Crippen LogP contribution in [0, 0.1) is 5.92 Å². The molecule has 1 atom stereocenters. The van der Waals surface area contributed by atoms with Crippen molar-refractivity contribution >= 4 is 35.8 Å². The highest BCUT2D eigenvalue weighted by Gasteiger charge is 2.22. The molecule has 0 radical (unpaired) electrons. The van der Waals surface area contributed by atoms with Crippen LogP contribution >= 0.6 is 24.0 Å². The molecule has 1 heterocycles. The van der Waals surface area contributed by atoms with Gasteiger partial charge in [-0.1, -0.05) is 30.3 Å². The molecule has 1 aromatic carbocycles. The van der Waals surface area contributed by atoms with Crippen molar-refractivity contribution in [3.63, 3.8) is 0 Å². The van der Waals surface area contributed by atoms with Crippen LogP contribution in [0.25, 0.3) is 0 Å². The molecular formula is C19H31IN4O2. The molecule has 1 unspecified atom stereocenters. The molecule has 1 fully saturated rings. The third-order valence-corrected chi connectivity index (χ3v) is 4.53. The number of nitrogens with zero attached hydrogens (tertiary/aromatic N) is 2. The molecule has 7 heteroatoms. The van der Waals surface area contributed by atoms with Gasteiger partial charge >= 0.3 is 0 Å². The molecule has 0 bridgehead atoms. The average molecular weight is 474 g/mol. The molecule has 2 rings (SSSR count). The zero-order valence-electron chi connectivity index (χ0n) is 15.7. The smallest absolute Gasteiger partial charge is 0.244 e. The number of halogens is 1. The van der Waals surface area contributed by atoms with Gasteiger partial charge in [-0.05, 0) is 37.7 Å². The largest absolute Gasteiger partial charge is 0.383 e. The normalized spacial score (nSPS) is 16.7. The van der Waals surface area contributed by atoms with E-state index in [1.165, 1.54) is 5.56 Å². The van der Waals surface area contributed by atoms with Crippen LogP contribution in [-0.4, -0.2) is 56.2 Å². The Hall–Kier alpha value is -1.35. The summed E-state index contributed by atoms with van der Waals surface area (Å²) in [4.78, 5) is 18.3. The summed E-state index contributed by atoms with van der Waals surface area (Å²) in [5.74, 6) is 0.982. The van der Waals surface area contributed by atoms with Gasteiger partial charge in [-0.15, -0.1) is 24.0 Å². The minimum absolute atomic E-state index is 0. The minimum Gasteiger partial charge on any atom is -0.383 e. The van der Waals surface area contributed by atoms with E-state index in [2.05, 4.69) is 34.6 Å². The molecule has 0 aliphatic carbocycles. The van der Waals surface area contributed by atoms with Crippen molar-refractivity contribution in [2.75, 3.05) is 33.4 Å². The molecular weight excluding hydrogens is 443 g/mol. The molecule has 3 N–H and O–H groups in total. The van der Waals surface area contributed by atoms with Crippen LogP contribution in [0.3, 0.4) is 0 Å². The van der Waals surface area contributed by atoms with Gasteiger partial charge in [0.25, 0.3) is 0 Å². The van der Waals surface area contributed by atoms with Crippen molar-refractivity contribution in [2.45, 2.75) is 32.2 Å². The molecule has 1 amide bonds. The van der Waals surface area contributed by atoms with Crippen LogP contribution in [0.2, 0.25) is 0 Å². The summed E-state index contributed by atoms with van der Waals surface area (Å²) in [7, 11) is 1.64. The highest BCUT2D eigenvalue weighted by atomic mass is 127. The van der Waals surface area contributed by atoms with Gasteiger partial charge in [-0.25, -0.2) is 4.99 Å². The number of amides is 1. The second kappa shape index (κ2) is 12.1. The van der Waals surface area contributed by atoms with E-state index in [0.29, 0.717) is 12.5 Å². The molecule has 26 heavy (non-hydrogen) atoms. The summed E-state index contributed by atoms with van der Waals surface area (Å²) in [6.07, 6.45) is 3.18. The van der Waals surface area contributed by atoms with Crippen molar-refractivity contribution < 1.29 is 9.53 Å². The van der Waals surface area contributed by atoms with Crippen molar-refractivity contribution in [2.24, 2.45) is 16.6 Å². The first-order valence-electron chi connectivity index (χ1n) is 8.95. The van der Waals surface area contributed by atoms with Crippen LogP contribution in [0.4, 0.5) is 0 Å². The summed E-state index contributed by atoms with van der Waals surface area (Å²) < 4.78 is 5.03. The topological polar surface area (TPSA) is 80.0 Å². The molecule has 1 aromatic rings. The zero-order valence-corrected chi connectivity index (χ0v) is 18.0. The summed E-state index contributed by atoms with van der Waals surface area (Å²) in [5, 5.41) is 3.01. The second-order valence-corrected chi connectivity index (χ2v) is 6.72. The Labute approximate surface area is 173 Å². The SMILES string of the molecule is COCC(C)NC(N)=NCC(=O)N1CCC(Cc2ccccc2)CC1.I. The quantitative estimate of drug-likeness (QED) is 0.360. The fourth-order valence-electron chi connectivity index (χ4n) is 3.18. The molecule has 6 nitrogen and oxygen atoms in total. The first-order valence-corrected chi connectivity index (χ1v) is 8.95.